The van der Waals surface area contributed by atoms with Gasteiger partial charge in [0.05, 0.1) is 18.8 Å². The third-order valence-corrected chi connectivity index (χ3v) is 4.72. The van der Waals surface area contributed by atoms with Gasteiger partial charge in [-0.15, -0.1) is 0 Å². The predicted molar refractivity (Wildman–Crippen MR) is 89.1 cm³/mol. The van der Waals surface area contributed by atoms with Gasteiger partial charge < -0.3 is 20.5 Å². The molecule has 1 aromatic rings. The Morgan fingerprint density at radius 2 is 2.30 bits per heavy atom. The van der Waals surface area contributed by atoms with Crippen molar-refractivity contribution in [3.63, 3.8) is 0 Å². The Labute approximate surface area is 137 Å². The number of carbonyl (C=O) groups is 1. The van der Waals surface area contributed by atoms with E-state index < -0.39 is 6.10 Å². The van der Waals surface area contributed by atoms with Gasteiger partial charge in [0.15, 0.2) is 0 Å². The fourth-order valence-electron chi connectivity index (χ4n) is 3.38. The number of hydrogen-bond acceptors (Lipinski definition) is 4. The summed E-state index contributed by atoms with van der Waals surface area (Å²) in [5, 5.41) is 3.12. The molecule has 1 amide bonds. The first-order chi connectivity index (χ1) is 11.1. The fourth-order valence-corrected chi connectivity index (χ4v) is 3.38. The number of hydrogen-bond donors (Lipinski definition) is 2. The molecular formula is C18H26N2O3. The van der Waals surface area contributed by atoms with Crippen LogP contribution in [-0.4, -0.2) is 31.3 Å². The minimum absolute atomic E-state index is 0.0561. The summed E-state index contributed by atoms with van der Waals surface area (Å²) >= 11 is 0. The summed E-state index contributed by atoms with van der Waals surface area (Å²) in [6, 6.07) is 6.01. The second-order valence-electron chi connectivity index (χ2n) is 6.52. The minimum atomic E-state index is -0.460. The Balaban J connectivity index is 1.55. The van der Waals surface area contributed by atoms with Gasteiger partial charge in [-0.1, -0.05) is 6.07 Å². The molecule has 5 nitrogen and oxygen atoms in total. The number of aryl methyl sites for hydroxylation is 1. The maximum absolute atomic E-state index is 12.4. The average molecular weight is 318 g/mol. The van der Waals surface area contributed by atoms with Crippen LogP contribution in [0, 0.1) is 0 Å². The summed E-state index contributed by atoms with van der Waals surface area (Å²) in [4.78, 5) is 12.4. The van der Waals surface area contributed by atoms with Crippen molar-refractivity contribution in [3.05, 3.63) is 29.3 Å². The first-order valence-electron chi connectivity index (χ1n) is 8.55. The van der Waals surface area contributed by atoms with Crippen molar-refractivity contribution in [2.24, 2.45) is 0 Å². The van der Waals surface area contributed by atoms with Crippen molar-refractivity contribution in [1.29, 1.82) is 0 Å². The van der Waals surface area contributed by atoms with Gasteiger partial charge in [0.2, 0.25) is 5.91 Å². The molecule has 0 radical (unpaired) electrons. The molecule has 1 aromatic carbocycles. The molecule has 1 fully saturated rings. The van der Waals surface area contributed by atoms with Crippen molar-refractivity contribution in [2.45, 2.75) is 57.3 Å². The van der Waals surface area contributed by atoms with E-state index in [0.717, 1.165) is 44.4 Å². The number of fused-ring (bicyclic) bond motifs is 1. The maximum Gasteiger partial charge on any atom is 0.249 e. The van der Waals surface area contributed by atoms with E-state index in [1.165, 1.54) is 11.1 Å². The molecule has 23 heavy (non-hydrogen) atoms. The molecule has 0 saturated carbocycles. The van der Waals surface area contributed by atoms with Crippen molar-refractivity contribution in [2.75, 3.05) is 18.9 Å². The Bertz CT molecular complexity index is 555. The SMILES string of the molecule is CC(OCC1CCCO1)C(=O)NC1CCCc2cc(N)ccc21. The highest BCUT2D eigenvalue weighted by Gasteiger charge is 2.25. The Morgan fingerprint density at radius 3 is 3.09 bits per heavy atom. The zero-order chi connectivity index (χ0) is 16.2. The van der Waals surface area contributed by atoms with E-state index in [1.54, 1.807) is 6.92 Å². The van der Waals surface area contributed by atoms with Crippen LogP contribution in [0.3, 0.4) is 0 Å². The van der Waals surface area contributed by atoms with Gasteiger partial charge >= 0.3 is 0 Å². The molecule has 3 atom stereocenters. The highest BCUT2D eigenvalue weighted by molar-refractivity contribution is 5.80. The van der Waals surface area contributed by atoms with Crippen molar-refractivity contribution in [1.82, 2.24) is 5.32 Å². The average Bonchev–Trinajstić information content (AvgIpc) is 3.06. The van der Waals surface area contributed by atoms with Gasteiger partial charge in [-0.25, -0.2) is 0 Å². The normalized spacial score (nSPS) is 24.9. The number of rotatable bonds is 5. The third kappa shape index (κ3) is 4.03. The number of nitrogens with two attached hydrogens (primary N) is 1. The highest BCUT2D eigenvalue weighted by Crippen LogP contribution is 2.31. The van der Waals surface area contributed by atoms with Crippen LogP contribution < -0.4 is 11.1 Å². The first kappa shape index (κ1) is 16.3. The lowest BCUT2D eigenvalue weighted by Gasteiger charge is -2.28. The number of anilines is 1. The molecule has 126 valence electrons. The number of nitrogen functional groups attached to an aromatic ring is 1. The lowest BCUT2D eigenvalue weighted by Crippen LogP contribution is -2.39. The van der Waals surface area contributed by atoms with Gasteiger partial charge in [-0.2, -0.15) is 0 Å². The highest BCUT2D eigenvalue weighted by atomic mass is 16.5. The van der Waals surface area contributed by atoms with Gasteiger partial charge in [0.1, 0.15) is 6.10 Å². The van der Waals surface area contributed by atoms with Crippen LogP contribution in [0.5, 0.6) is 0 Å². The molecule has 1 saturated heterocycles. The van der Waals surface area contributed by atoms with Gasteiger partial charge in [-0.05, 0) is 62.3 Å². The van der Waals surface area contributed by atoms with E-state index in [4.69, 9.17) is 15.2 Å². The molecule has 0 aromatic heterocycles. The van der Waals surface area contributed by atoms with E-state index in [0.29, 0.717) is 6.61 Å². The Hall–Kier alpha value is -1.59. The van der Waals surface area contributed by atoms with Crippen LogP contribution in [-0.2, 0) is 20.7 Å². The second kappa shape index (κ2) is 7.32. The van der Waals surface area contributed by atoms with Crippen molar-refractivity contribution < 1.29 is 14.3 Å². The van der Waals surface area contributed by atoms with Gasteiger partial charge in [-0.3, -0.25) is 4.79 Å². The zero-order valence-corrected chi connectivity index (χ0v) is 13.7. The fraction of sp³-hybridized carbons (Fsp3) is 0.611. The smallest absolute Gasteiger partial charge is 0.249 e. The minimum Gasteiger partial charge on any atom is -0.399 e. The Morgan fingerprint density at radius 1 is 1.43 bits per heavy atom. The quantitative estimate of drug-likeness (QED) is 0.817. The van der Waals surface area contributed by atoms with E-state index in [9.17, 15) is 4.79 Å². The Kier molecular flexibility index (Phi) is 5.18. The summed E-state index contributed by atoms with van der Waals surface area (Å²) in [5.41, 5.74) is 9.07. The summed E-state index contributed by atoms with van der Waals surface area (Å²) in [6.07, 6.45) is 4.83. The number of carbonyl (C=O) groups excluding carboxylic acids is 1. The van der Waals surface area contributed by atoms with E-state index in [1.807, 2.05) is 18.2 Å². The van der Waals surface area contributed by atoms with Crippen LogP contribution in [0.1, 0.15) is 49.8 Å². The summed E-state index contributed by atoms with van der Waals surface area (Å²) in [7, 11) is 0. The molecule has 2 aliphatic rings. The lowest BCUT2D eigenvalue weighted by molar-refractivity contribution is -0.134. The van der Waals surface area contributed by atoms with Crippen LogP contribution in [0.2, 0.25) is 0 Å². The molecular weight excluding hydrogens is 292 g/mol. The standard InChI is InChI=1S/C18H26N2O3/c1-12(23-11-15-5-3-9-22-15)18(21)20-17-6-2-4-13-10-14(19)7-8-16(13)17/h7-8,10,12,15,17H,2-6,9,11,19H2,1H3,(H,20,21). The molecule has 1 aliphatic heterocycles. The first-order valence-corrected chi connectivity index (χ1v) is 8.55. The molecule has 3 unspecified atom stereocenters. The van der Waals surface area contributed by atoms with Crippen molar-refractivity contribution in [3.8, 4) is 0 Å². The van der Waals surface area contributed by atoms with Gasteiger partial charge in [0.25, 0.3) is 0 Å². The summed E-state index contributed by atoms with van der Waals surface area (Å²) in [6.45, 7) is 3.10. The monoisotopic (exact) mass is 318 g/mol. The summed E-state index contributed by atoms with van der Waals surface area (Å²) in [5.74, 6) is -0.0577. The molecule has 5 heteroatoms. The molecule has 3 rings (SSSR count). The molecule has 0 spiro atoms. The van der Waals surface area contributed by atoms with E-state index >= 15 is 0 Å². The second-order valence-corrected chi connectivity index (χ2v) is 6.52. The number of nitrogens with one attached hydrogen (secondary N) is 1. The molecule has 1 aliphatic carbocycles. The predicted octanol–water partition coefficient (Wildman–Crippen LogP) is 2.35. The largest absolute Gasteiger partial charge is 0.399 e. The van der Waals surface area contributed by atoms with Gasteiger partial charge in [0, 0.05) is 12.3 Å². The maximum atomic E-state index is 12.4. The molecule has 3 N–H and O–H groups in total. The van der Waals surface area contributed by atoms with E-state index in [-0.39, 0.29) is 18.1 Å². The van der Waals surface area contributed by atoms with Crippen molar-refractivity contribution >= 4 is 11.6 Å². The van der Waals surface area contributed by atoms with Crippen LogP contribution in [0.15, 0.2) is 18.2 Å². The summed E-state index contributed by atoms with van der Waals surface area (Å²) < 4.78 is 11.2. The number of ether oxygens (including phenoxy) is 2. The lowest BCUT2D eigenvalue weighted by atomic mass is 9.87. The van der Waals surface area contributed by atoms with Crippen LogP contribution in [0.4, 0.5) is 5.69 Å². The van der Waals surface area contributed by atoms with Crippen LogP contribution >= 0.6 is 0 Å². The molecule has 1 heterocycles. The number of amides is 1. The zero-order valence-electron chi connectivity index (χ0n) is 13.7. The molecule has 0 bridgehead atoms. The topological polar surface area (TPSA) is 73.6 Å². The number of benzene rings is 1. The third-order valence-electron chi connectivity index (χ3n) is 4.72. The van der Waals surface area contributed by atoms with E-state index in [2.05, 4.69) is 5.32 Å². The van der Waals surface area contributed by atoms with Crippen LogP contribution in [0.25, 0.3) is 0 Å².